The number of rotatable bonds is 3. The number of nitrogens with one attached hydrogen (secondary N) is 1. The summed E-state index contributed by atoms with van der Waals surface area (Å²) in [5.41, 5.74) is 0.842. The zero-order valence-electron chi connectivity index (χ0n) is 10.2. The molecule has 1 aliphatic heterocycles. The molecule has 1 N–H and O–H groups in total. The molecule has 0 saturated heterocycles. The predicted molar refractivity (Wildman–Crippen MR) is 69.6 cm³/mol. The molecule has 0 spiro atoms. The van der Waals surface area contributed by atoms with Gasteiger partial charge >= 0.3 is 0 Å². The van der Waals surface area contributed by atoms with Crippen LogP contribution in [0.5, 0.6) is 0 Å². The maximum atomic E-state index is 14.2. The number of ether oxygens (including phenoxy) is 1. The molecule has 1 unspecified atom stereocenters. The molecule has 1 heterocycles. The van der Waals surface area contributed by atoms with Crippen molar-refractivity contribution in [3.05, 3.63) is 33.3 Å². The van der Waals surface area contributed by atoms with Gasteiger partial charge in [-0.05, 0) is 46.9 Å². The lowest BCUT2D eigenvalue weighted by Crippen LogP contribution is -2.27. The molecule has 0 aromatic heterocycles. The fraction of sp³-hybridized carbons (Fsp3) is 0.538. The van der Waals surface area contributed by atoms with E-state index in [1.54, 1.807) is 0 Å². The molecule has 0 radical (unpaired) electrons. The minimum Gasteiger partial charge on any atom is -0.379 e. The van der Waals surface area contributed by atoms with Gasteiger partial charge in [0.2, 0.25) is 0 Å². The highest BCUT2D eigenvalue weighted by Gasteiger charge is 2.26. The summed E-state index contributed by atoms with van der Waals surface area (Å²) in [7, 11) is 0. The van der Waals surface area contributed by atoms with Gasteiger partial charge in [0.25, 0.3) is 0 Å². The van der Waals surface area contributed by atoms with Crippen molar-refractivity contribution < 1.29 is 13.5 Å². The van der Waals surface area contributed by atoms with Gasteiger partial charge in [-0.3, -0.25) is 0 Å². The molecule has 1 aromatic rings. The van der Waals surface area contributed by atoms with Gasteiger partial charge in [0.05, 0.1) is 23.7 Å². The van der Waals surface area contributed by atoms with E-state index in [-0.39, 0.29) is 22.1 Å². The molecule has 1 aromatic carbocycles. The largest absolute Gasteiger partial charge is 0.379 e. The van der Waals surface area contributed by atoms with Crippen LogP contribution in [-0.4, -0.2) is 19.8 Å². The van der Waals surface area contributed by atoms with Crippen LogP contribution in [0.1, 0.15) is 30.5 Å². The van der Waals surface area contributed by atoms with Crippen LogP contribution in [0.2, 0.25) is 0 Å². The van der Waals surface area contributed by atoms with Crippen LogP contribution in [0.15, 0.2) is 10.5 Å². The Morgan fingerprint density at radius 2 is 2.28 bits per heavy atom. The quantitative estimate of drug-likeness (QED) is 0.863. The van der Waals surface area contributed by atoms with Crippen molar-refractivity contribution in [2.24, 2.45) is 0 Å². The first-order valence-corrected chi connectivity index (χ1v) is 6.91. The average Bonchev–Trinajstić information content (AvgIpc) is 2.56. The van der Waals surface area contributed by atoms with E-state index in [1.807, 2.05) is 6.92 Å². The zero-order valence-corrected chi connectivity index (χ0v) is 11.8. The van der Waals surface area contributed by atoms with Crippen LogP contribution in [0.4, 0.5) is 8.78 Å². The highest BCUT2D eigenvalue weighted by molar-refractivity contribution is 9.10. The second-order valence-electron chi connectivity index (χ2n) is 4.38. The molecule has 18 heavy (non-hydrogen) atoms. The monoisotopic (exact) mass is 319 g/mol. The van der Waals surface area contributed by atoms with Crippen molar-refractivity contribution >= 4 is 15.9 Å². The first-order chi connectivity index (χ1) is 8.65. The van der Waals surface area contributed by atoms with Crippen molar-refractivity contribution in [2.45, 2.75) is 25.8 Å². The summed E-state index contributed by atoms with van der Waals surface area (Å²) in [6, 6.07) is 0.908. The van der Waals surface area contributed by atoms with Crippen molar-refractivity contribution in [2.75, 3.05) is 19.8 Å². The van der Waals surface area contributed by atoms with Crippen molar-refractivity contribution in [3.8, 4) is 0 Å². The minimum atomic E-state index is -0.384. The Balaban J connectivity index is 2.44. The molecular weight excluding hydrogens is 304 g/mol. The van der Waals surface area contributed by atoms with Crippen molar-refractivity contribution in [1.29, 1.82) is 0 Å². The predicted octanol–water partition coefficient (Wildman–Crippen LogP) is 3.34. The van der Waals surface area contributed by atoms with E-state index >= 15 is 0 Å². The summed E-state index contributed by atoms with van der Waals surface area (Å²) in [6.45, 7) is 3.58. The second kappa shape index (κ2) is 6.08. The summed E-state index contributed by atoms with van der Waals surface area (Å²) >= 11 is 3.06. The third kappa shape index (κ3) is 2.73. The molecule has 100 valence electrons. The molecule has 2 nitrogen and oxygen atoms in total. The van der Waals surface area contributed by atoms with Crippen LogP contribution in [0.25, 0.3) is 0 Å². The van der Waals surface area contributed by atoms with E-state index in [9.17, 15) is 8.78 Å². The normalized spacial score (nSPS) is 19.4. The number of hydrogen-bond acceptors (Lipinski definition) is 2. The third-order valence-electron chi connectivity index (χ3n) is 3.08. The van der Waals surface area contributed by atoms with E-state index in [2.05, 4.69) is 21.2 Å². The van der Waals surface area contributed by atoms with Crippen LogP contribution in [0, 0.1) is 11.6 Å². The highest BCUT2D eigenvalue weighted by atomic mass is 79.9. The van der Waals surface area contributed by atoms with E-state index < -0.39 is 0 Å². The molecule has 2 rings (SSSR count). The lowest BCUT2D eigenvalue weighted by Gasteiger charge is -2.20. The summed E-state index contributed by atoms with van der Waals surface area (Å²) in [5.74, 6) is -0.752. The van der Waals surface area contributed by atoms with E-state index in [1.165, 1.54) is 6.07 Å². The molecule has 0 saturated carbocycles. The average molecular weight is 320 g/mol. The van der Waals surface area contributed by atoms with Crippen molar-refractivity contribution in [1.82, 2.24) is 5.32 Å². The Morgan fingerprint density at radius 1 is 1.50 bits per heavy atom. The molecule has 0 aliphatic carbocycles. The van der Waals surface area contributed by atoms with Crippen LogP contribution in [-0.2, 0) is 11.2 Å². The Labute approximate surface area is 114 Å². The van der Waals surface area contributed by atoms with E-state index in [0.29, 0.717) is 30.8 Å². The number of fused-ring (bicyclic) bond motifs is 1. The Morgan fingerprint density at radius 3 is 3.00 bits per heavy atom. The van der Waals surface area contributed by atoms with Gasteiger partial charge in [0, 0.05) is 5.56 Å². The maximum absolute atomic E-state index is 14.2. The second-order valence-corrected chi connectivity index (χ2v) is 5.23. The van der Waals surface area contributed by atoms with E-state index in [0.717, 1.165) is 13.0 Å². The fourth-order valence-corrected chi connectivity index (χ4v) is 2.62. The molecule has 0 bridgehead atoms. The highest BCUT2D eigenvalue weighted by Crippen LogP contribution is 2.32. The lowest BCUT2D eigenvalue weighted by molar-refractivity contribution is 0.121. The summed E-state index contributed by atoms with van der Waals surface area (Å²) in [5, 5.41) is 3.21. The SMILES string of the molecule is CCCNC1COCCc2c(F)cc(Br)c(F)c21. The fourth-order valence-electron chi connectivity index (χ4n) is 2.21. The van der Waals surface area contributed by atoms with Gasteiger partial charge in [-0.15, -0.1) is 0 Å². The molecule has 1 atom stereocenters. The minimum absolute atomic E-state index is 0.170. The first kappa shape index (κ1) is 13.9. The first-order valence-electron chi connectivity index (χ1n) is 6.12. The molecule has 5 heteroatoms. The van der Waals surface area contributed by atoms with Crippen LogP contribution >= 0.6 is 15.9 Å². The van der Waals surface area contributed by atoms with Crippen LogP contribution < -0.4 is 5.32 Å². The molecular formula is C13H16BrF2NO. The molecule has 0 amide bonds. The number of hydrogen-bond donors (Lipinski definition) is 1. The van der Waals surface area contributed by atoms with Gasteiger partial charge in [-0.1, -0.05) is 6.92 Å². The summed E-state index contributed by atoms with van der Waals surface area (Å²) < 4.78 is 33.7. The van der Waals surface area contributed by atoms with Gasteiger partial charge in [0.15, 0.2) is 0 Å². The Kier molecular flexibility index (Phi) is 4.70. The summed E-state index contributed by atoms with van der Waals surface area (Å²) in [6.07, 6.45) is 1.35. The standard InChI is InChI=1S/C13H16BrF2NO/c1-2-4-17-11-7-18-5-3-8-10(15)6-9(14)13(16)12(8)11/h6,11,17H,2-5,7H2,1H3. The lowest BCUT2D eigenvalue weighted by atomic mass is 9.98. The molecule has 1 aliphatic rings. The van der Waals surface area contributed by atoms with Gasteiger partial charge < -0.3 is 10.1 Å². The van der Waals surface area contributed by atoms with Crippen molar-refractivity contribution in [3.63, 3.8) is 0 Å². The Hall–Kier alpha value is -0.520. The van der Waals surface area contributed by atoms with Crippen LogP contribution in [0.3, 0.4) is 0 Å². The number of halogens is 3. The Bertz CT molecular complexity index is 439. The number of benzene rings is 1. The van der Waals surface area contributed by atoms with E-state index in [4.69, 9.17) is 4.74 Å². The third-order valence-corrected chi connectivity index (χ3v) is 3.66. The van der Waals surface area contributed by atoms with Gasteiger partial charge in [-0.25, -0.2) is 8.78 Å². The maximum Gasteiger partial charge on any atom is 0.142 e. The molecule has 0 fully saturated rings. The zero-order chi connectivity index (χ0) is 13.1. The smallest absolute Gasteiger partial charge is 0.142 e. The van der Waals surface area contributed by atoms with Gasteiger partial charge in [0.1, 0.15) is 11.6 Å². The summed E-state index contributed by atoms with van der Waals surface area (Å²) in [4.78, 5) is 0. The van der Waals surface area contributed by atoms with Gasteiger partial charge in [-0.2, -0.15) is 0 Å². The topological polar surface area (TPSA) is 21.3 Å².